The summed E-state index contributed by atoms with van der Waals surface area (Å²) in [6.45, 7) is 3.11. The summed E-state index contributed by atoms with van der Waals surface area (Å²) in [6, 6.07) is 10.5. The van der Waals surface area contributed by atoms with E-state index >= 15 is 0 Å². The van der Waals surface area contributed by atoms with Gasteiger partial charge in [-0.2, -0.15) is 0 Å². The van der Waals surface area contributed by atoms with Gasteiger partial charge < -0.3 is 9.72 Å². The van der Waals surface area contributed by atoms with E-state index in [1.165, 1.54) is 31.2 Å². The number of fused-ring (bicyclic) bond motifs is 3. The van der Waals surface area contributed by atoms with Crippen LogP contribution in [0.3, 0.4) is 0 Å². The molecule has 3 heterocycles. The summed E-state index contributed by atoms with van der Waals surface area (Å²) in [7, 11) is 0. The number of para-hydroxylation sites is 1. The number of hydrogen-bond acceptors (Lipinski definition) is 3. The number of pyridine rings is 1. The van der Waals surface area contributed by atoms with Gasteiger partial charge in [0.05, 0.1) is 17.1 Å². The molecule has 2 aromatic heterocycles. The summed E-state index contributed by atoms with van der Waals surface area (Å²) in [5, 5.41) is 0.639. The third-order valence-corrected chi connectivity index (χ3v) is 6.62. The van der Waals surface area contributed by atoms with E-state index in [0.29, 0.717) is 16.9 Å². The van der Waals surface area contributed by atoms with Gasteiger partial charge in [0, 0.05) is 23.1 Å². The van der Waals surface area contributed by atoms with Gasteiger partial charge in [0.2, 0.25) is 0 Å². The van der Waals surface area contributed by atoms with Crippen LogP contribution in [0.5, 0.6) is 5.75 Å². The van der Waals surface area contributed by atoms with Crippen LogP contribution >= 0.6 is 11.6 Å². The van der Waals surface area contributed by atoms with Gasteiger partial charge in [0.25, 0.3) is 0 Å². The lowest BCUT2D eigenvalue weighted by atomic mass is 9.65. The predicted molar refractivity (Wildman–Crippen MR) is 103 cm³/mol. The van der Waals surface area contributed by atoms with Crippen molar-refractivity contribution >= 4 is 22.8 Å². The Balaban J connectivity index is 1.35. The van der Waals surface area contributed by atoms with Crippen LogP contribution in [0.1, 0.15) is 49.9 Å². The smallest absolute Gasteiger partial charge is 0.177 e. The maximum atomic E-state index is 6.04. The molecule has 1 fully saturated rings. The second kappa shape index (κ2) is 5.98. The molecule has 1 atom stereocenters. The number of aromatic nitrogens is 3. The zero-order valence-electron chi connectivity index (χ0n) is 14.8. The van der Waals surface area contributed by atoms with Crippen molar-refractivity contribution in [1.82, 2.24) is 15.0 Å². The standard InChI is InChI=1S/C21H22ClN3O/c1-13(19-24-17-10-15(22)11-23-20(17)25-19)14-6-8-21(9-7-14)12-26-18-5-3-2-4-16(18)21/h2-5,10-11,13-14H,6-9,12H2,1H3,(H,23,24,25)/t13-,14?,21?/m1/s1. The summed E-state index contributed by atoms with van der Waals surface area (Å²) in [5.74, 6) is 3.13. The average Bonchev–Trinajstić information content (AvgIpc) is 3.24. The molecular formula is C21H22ClN3O. The molecule has 1 N–H and O–H groups in total. The highest BCUT2D eigenvalue weighted by Crippen LogP contribution is 2.50. The van der Waals surface area contributed by atoms with Gasteiger partial charge in [-0.25, -0.2) is 9.97 Å². The highest BCUT2D eigenvalue weighted by atomic mass is 35.5. The fraction of sp³-hybridized carbons (Fsp3) is 0.429. The van der Waals surface area contributed by atoms with Gasteiger partial charge >= 0.3 is 0 Å². The van der Waals surface area contributed by atoms with Crippen molar-refractivity contribution in [3.63, 3.8) is 0 Å². The van der Waals surface area contributed by atoms with Crippen molar-refractivity contribution in [3.05, 3.63) is 52.9 Å². The minimum Gasteiger partial charge on any atom is -0.492 e. The van der Waals surface area contributed by atoms with Crippen molar-refractivity contribution < 1.29 is 4.74 Å². The normalized spacial score (nSPS) is 26.0. The van der Waals surface area contributed by atoms with Crippen LogP contribution < -0.4 is 4.74 Å². The number of H-pyrrole nitrogens is 1. The Morgan fingerprint density at radius 1 is 1.27 bits per heavy atom. The minimum absolute atomic E-state index is 0.218. The van der Waals surface area contributed by atoms with Crippen LogP contribution in [-0.2, 0) is 5.41 Å². The number of rotatable bonds is 2. The highest BCUT2D eigenvalue weighted by Gasteiger charge is 2.44. The lowest BCUT2D eigenvalue weighted by molar-refractivity contribution is 0.169. The molecule has 1 aromatic carbocycles. The molecule has 5 rings (SSSR count). The number of aromatic amines is 1. The molecule has 0 unspecified atom stereocenters. The second-order valence-electron chi connectivity index (χ2n) is 7.84. The van der Waals surface area contributed by atoms with Crippen molar-refractivity contribution in [2.24, 2.45) is 5.92 Å². The zero-order valence-corrected chi connectivity index (χ0v) is 15.6. The number of nitrogens with zero attached hydrogens (tertiary/aromatic N) is 2. The van der Waals surface area contributed by atoms with Crippen LogP contribution in [0.4, 0.5) is 0 Å². The summed E-state index contributed by atoms with van der Waals surface area (Å²) < 4.78 is 5.98. The molecule has 0 amide bonds. The Bertz CT molecular complexity index is 959. The predicted octanol–water partition coefficient (Wildman–Crippen LogP) is 5.24. The maximum Gasteiger partial charge on any atom is 0.177 e. The Kier molecular flexibility index (Phi) is 3.71. The molecule has 5 heteroatoms. The molecule has 3 aromatic rings. The van der Waals surface area contributed by atoms with E-state index in [1.54, 1.807) is 6.20 Å². The van der Waals surface area contributed by atoms with Gasteiger partial charge in [-0.15, -0.1) is 0 Å². The minimum atomic E-state index is 0.218. The van der Waals surface area contributed by atoms with Crippen molar-refractivity contribution in [2.75, 3.05) is 6.61 Å². The van der Waals surface area contributed by atoms with Gasteiger partial charge in [0.1, 0.15) is 11.6 Å². The van der Waals surface area contributed by atoms with Crippen LogP contribution in [-0.4, -0.2) is 21.6 Å². The molecule has 26 heavy (non-hydrogen) atoms. The van der Waals surface area contributed by atoms with Gasteiger partial charge in [0.15, 0.2) is 5.65 Å². The van der Waals surface area contributed by atoms with Crippen LogP contribution in [0.25, 0.3) is 11.2 Å². The third-order valence-electron chi connectivity index (χ3n) is 6.41. The SMILES string of the molecule is C[C@@H](c1nc2ncc(Cl)cc2[nH]1)C1CCC2(CC1)COc1ccccc12. The van der Waals surface area contributed by atoms with Gasteiger partial charge in [-0.1, -0.05) is 36.7 Å². The molecule has 1 aliphatic carbocycles. The zero-order chi connectivity index (χ0) is 17.7. The first-order valence-electron chi connectivity index (χ1n) is 9.38. The number of benzene rings is 1. The maximum absolute atomic E-state index is 6.04. The lowest BCUT2D eigenvalue weighted by Gasteiger charge is -2.38. The van der Waals surface area contributed by atoms with Crippen molar-refractivity contribution in [2.45, 2.75) is 43.9 Å². The van der Waals surface area contributed by atoms with Gasteiger partial charge in [-0.05, 0) is 43.7 Å². The molecule has 1 aliphatic heterocycles. The van der Waals surface area contributed by atoms with Gasteiger partial charge in [-0.3, -0.25) is 0 Å². The molecule has 1 saturated carbocycles. The Hall–Kier alpha value is -2.07. The van der Waals surface area contributed by atoms with Crippen LogP contribution in [0.15, 0.2) is 36.5 Å². The molecule has 1 spiro atoms. The largest absolute Gasteiger partial charge is 0.492 e. The third kappa shape index (κ3) is 2.50. The monoisotopic (exact) mass is 367 g/mol. The Labute approximate surface area is 158 Å². The number of halogens is 1. The number of nitrogens with one attached hydrogen (secondary N) is 1. The molecule has 2 aliphatic rings. The fourth-order valence-electron chi connectivity index (χ4n) is 4.76. The number of hydrogen-bond donors (Lipinski definition) is 1. The number of imidazole rings is 1. The molecule has 4 nitrogen and oxygen atoms in total. The van der Waals surface area contributed by atoms with Crippen LogP contribution in [0.2, 0.25) is 5.02 Å². The Morgan fingerprint density at radius 2 is 2.08 bits per heavy atom. The quantitative estimate of drug-likeness (QED) is 0.674. The first kappa shape index (κ1) is 16.1. The molecule has 0 saturated heterocycles. The van der Waals surface area contributed by atoms with Crippen molar-refractivity contribution in [1.29, 1.82) is 0 Å². The van der Waals surface area contributed by atoms with E-state index < -0.39 is 0 Å². The van der Waals surface area contributed by atoms with E-state index in [0.717, 1.165) is 29.3 Å². The van der Waals surface area contributed by atoms with E-state index in [9.17, 15) is 0 Å². The van der Waals surface area contributed by atoms with E-state index in [4.69, 9.17) is 21.3 Å². The summed E-state index contributed by atoms with van der Waals surface area (Å²) in [6.07, 6.45) is 6.42. The van der Waals surface area contributed by atoms with E-state index in [-0.39, 0.29) is 5.41 Å². The summed E-state index contributed by atoms with van der Waals surface area (Å²) in [4.78, 5) is 12.5. The van der Waals surface area contributed by atoms with Crippen molar-refractivity contribution in [3.8, 4) is 5.75 Å². The first-order valence-corrected chi connectivity index (χ1v) is 9.76. The van der Waals surface area contributed by atoms with Crippen LogP contribution in [0, 0.1) is 5.92 Å². The first-order chi connectivity index (χ1) is 12.6. The highest BCUT2D eigenvalue weighted by molar-refractivity contribution is 6.31. The molecule has 134 valence electrons. The van der Waals surface area contributed by atoms with E-state index in [2.05, 4.69) is 41.2 Å². The fourth-order valence-corrected chi connectivity index (χ4v) is 4.92. The molecule has 0 radical (unpaired) electrons. The Morgan fingerprint density at radius 3 is 2.92 bits per heavy atom. The summed E-state index contributed by atoms with van der Waals surface area (Å²) in [5.41, 5.74) is 3.30. The number of ether oxygens (including phenoxy) is 1. The molecule has 0 bridgehead atoms. The van der Waals surface area contributed by atoms with E-state index in [1.807, 2.05) is 6.07 Å². The molecular weight excluding hydrogens is 346 g/mol. The topological polar surface area (TPSA) is 50.8 Å². The summed E-state index contributed by atoms with van der Waals surface area (Å²) >= 11 is 6.04. The lowest BCUT2D eigenvalue weighted by Crippen LogP contribution is -2.34. The second-order valence-corrected chi connectivity index (χ2v) is 8.27. The average molecular weight is 368 g/mol.